The highest BCUT2D eigenvalue weighted by Gasteiger charge is 2.12. The molecule has 6 nitrogen and oxygen atoms in total. The molecule has 0 bridgehead atoms. The van der Waals surface area contributed by atoms with E-state index in [1.165, 1.54) is 0 Å². The fraction of sp³-hybridized carbons (Fsp3) is 0.227. The fourth-order valence-corrected chi connectivity index (χ4v) is 3.02. The summed E-state index contributed by atoms with van der Waals surface area (Å²) < 4.78 is 11.1. The maximum atomic E-state index is 9.46. The summed E-state index contributed by atoms with van der Waals surface area (Å²) in [5.74, 6) is 1.66. The molecule has 0 saturated carbocycles. The van der Waals surface area contributed by atoms with E-state index in [1.54, 1.807) is 37.4 Å². The van der Waals surface area contributed by atoms with Crippen LogP contribution in [0.2, 0.25) is 5.02 Å². The number of ether oxygens (including phenoxy) is 2. The number of halogens is 1. The summed E-state index contributed by atoms with van der Waals surface area (Å²) in [7, 11) is 1.56. The minimum Gasteiger partial charge on any atom is -0.493 e. The fourth-order valence-electron chi connectivity index (χ4n) is 2.85. The van der Waals surface area contributed by atoms with Gasteiger partial charge in [-0.2, -0.15) is 10.5 Å². The topological polar surface area (TPSA) is 91.0 Å². The number of nitrogens with one attached hydrogen (secondary N) is 1. The molecule has 146 valence electrons. The van der Waals surface area contributed by atoms with Crippen LogP contribution in [0.4, 0.5) is 5.82 Å². The van der Waals surface area contributed by atoms with Crippen molar-refractivity contribution in [2.24, 2.45) is 0 Å². The zero-order chi connectivity index (χ0) is 20.8. The number of hydrogen-bond acceptors (Lipinski definition) is 6. The predicted octanol–water partition coefficient (Wildman–Crippen LogP) is 5.06. The second-order valence-corrected chi connectivity index (χ2v) is 6.75. The van der Waals surface area contributed by atoms with Crippen LogP contribution in [0.1, 0.15) is 24.5 Å². The molecule has 0 aliphatic carbocycles. The Morgan fingerprint density at radius 2 is 1.97 bits per heavy atom. The molecule has 7 heteroatoms. The predicted molar refractivity (Wildman–Crippen MR) is 112 cm³/mol. The standard InChI is InChI=1S/C22H19ClN4O2/c1-3-17(12-25)29-21-8-14(4-7-20(21)28-2)13-26-22-9-15(11-24)18-10-16(23)5-6-19(18)27-22/h4-10,17H,3,13H2,1-2H3,(H,26,27). The van der Waals surface area contributed by atoms with E-state index < -0.39 is 6.10 Å². The summed E-state index contributed by atoms with van der Waals surface area (Å²) in [6, 6.07) is 16.8. The van der Waals surface area contributed by atoms with Crippen LogP contribution in [-0.2, 0) is 6.54 Å². The number of nitrogens with zero attached hydrogens (tertiary/aromatic N) is 3. The highest BCUT2D eigenvalue weighted by Crippen LogP contribution is 2.30. The van der Waals surface area contributed by atoms with Gasteiger partial charge in [0, 0.05) is 17.0 Å². The third-order valence-corrected chi connectivity index (χ3v) is 4.61. The Labute approximate surface area is 174 Å². The Balaban J connectivity index is 1.83. The van der Waals surface area contributed by atoms with Crippen molar-refractivity contribution >= 4 is 28.3 Å². The normalized spacial score (nSPS) is 11.3. The Morgan fingerprint density at radius 1 is 1.14 bits per heavy atom. The van der Waals surface area contributed by atoms with E-state index in [4.69, 9.17) is 26.3 Å². The molecule has 0 saturated heterocycles. The molecule has 0 amide bonds. The average Bonchev–Trinajstić information content (AvgIpc) is 2.75. The van der Waals surface area contributed by atoms with Gasteiger partial charge >= 0.3 is 0 Å². The Bertz CT molecular complexity index is 1120. The lowest BCUT2D eigenvalue weighted by atomic mass is 10.1. The molecule has 1 unspecified atom stereocenters. The lowest BCUT2D eigenvalue weighted by Crippen LogP contribution is -2.13. The van der Waals surface area contributed by atoms with E-state index in [2.05, 4.69) is 22.4 Å². The zero-order valence-electron chi connectivity index (χ0n) is 16.1. The number of benzene rings is 2. The highest BCUT2D eigenvalue weighted by molar-refractivity contribution is 6.31. The van der Waals surface area contributed by atoms with E-state index in [-0.39, 0.29) is 0 Å². The number of fused-ring (bicyclic) bond motifs is 1. The third-order valence-electron chi connectivity index (χ3n) is 4.38. The largest absolute Gasteiger partial charge is 0.493 e. The van der Waals surface area contributed by atoms with Gasteiger partial charge in [-0.05, 0) is 48.4 Å². The molecule has 29 heavy (non-hydrogen) atoms. The molecule has 1 N–H and O–H groups in total. The second-order valence-electron chi connectivity index (χ2n) is 6.31. The van der Waals surface area contributed by atoms with Crippen molar-refractivity contribution in [2.45, 2.75) is 26.0 Å². The van der Waals surface area contributed by atoms with E-state index in [0.717, 1.165) is 5.56 Å². The van der Waals surface area contributed by atoms with Gasteiger partial charge in [0.1, 0.15) is 11.9 Å². The Hall–Kier alpha value is -3.48. The summed E-state index contributed by atoms with van der Waals surface area (Å²) in [4.78, 5) is 4.55. The smallest absolute Gasteiger partial charge is 0.184 e. The minimum absolute atomic E-state index is 0.459. The molecule has 0 fully saturated rings. The lowest BCUT2D eigenvalue weighted by Gasteiger charge is -2.15. The first kappa shape index (κ1) is 20.3. The Kier molecular flexibility index (Phi) is 6.39. The molecule has 1 aromatic heterocycles. The second kappa shape index (κ2) is 9.14. The molecule has 3 aromatic rings. The Morgan fingerprint density at radius 3 is 2.66 bits per heavy atom. The maximum Gasteiger partial charge on any atom is 0.184 e. The first-order valence-electron chi connectivity index (χ1n) is 9.05. The molecule has 0 aliphatic heterocycles. The van der Waals surface area contributed by atoms with Crippen LogP contribution in [-0.4, -0.2) is 18.2 Å². The third kappa shape index (κ3) is 4.68. The number of aromatic nitrogens is 1. The molecule has 1 heterocycles. The number of methoxy groups -OCH3 is 1. The van der Waals surface area contributed by atoms with Crippen LogP contribution in [0.15, 0.2) is 42.5 Å². The van der Waals surface area contributed by atoms with Gasteiger partial charge in [0.15, 0.2) is 17.6 Å². The number of anilines is 1. The molecule has 0 aliphatic rings. The van der Waals surface area contributed by atoms with Crippen molar-refractivity contribution in [3.8, 4) is 23.6 Å². The van der Waals surface area contributed by atoms with Crippen LogP contribution in [0, 0.1) is 22.7 Å². The monoisotopic (exact) mass is 406 g/mol. The van der Waals surface area contributed by atoms with Gasteiger partial charge in [-0.25, -0.2) is 4.98 Å². The first-order chi connectivity index (χ1) is 14.1. The molecular weight excluding hydrogens is 388 g/mol. The van der Waals surface area contributed by atoms with Crippen molar-refractivity contribution in [1.29, 1.82) is 10.5 Å². The van der Waals surface area contributed by atoms with Crippen LogP contribution in [0.5, 0.6) is 11.5 Å². The molecular formula is C22H19ClN4O2. The van der Waals surface area contributed by atoms with E-state index in [0.29, 0.717) is 51.8 Å². The van der Waals surface area contributed by atoms with Gasteiger partial charge in [-0.15, -0.1) is 0 Å². The summed E-state index contributed by atoms with van der Waals surface area (Å²) in [5, 5.41) is 23.1. The van der Waals surface area contributed by atoms with Crippen molar-refractivity contribution < 1.29 is 9.47 Å². The van der Waals surface area contributed by atoms with Crippen molar-refractivity contribution in [2.75, 3.05) is 12.4 Å². The number of hydrogen-bond donors (Lipinski definition) is 1. The van der Waals surface area contributed by atoms with Gasteiger partial charge in [-0.3, -0.25) is 0 Å². The number of pyridine rings is 1. The number of nitriles is 2. The quantitative estimate of drug-likeness (QED) is 0.589. The van der Waals surface area contributed by atoms with Crippen LogP contribution < -0.4 is 14.8 Å². The van der Waals surface area contributed by atoms with Crippen LogP contribution >= 0.6 is 11.6 Å². The summed E-state index contributed by atoms with van der Waals surface area (Å²) in [6.45, 7) is 2.35. The van der Waals surface area contributed by atoms with E-state index in [9.17, 15) is 5.26 Å². The number of rotatable bonds is 7. The lowest BCUT2D eigenvalue weighted by molar-refractivity contribution is 0.238. The van der Waals surface area contributed by atoms with E-state index in [1.807, 2.05) is 19.1 Å². The molecule has 1 atom stereocenters. The summed E-state index contributed by atoms with van der Waals surface area (Å²) in [6.07, 6.45) is 0.0312. The van der Waals surface area contributed by atoms with Gasteiger partial charge < -0.3 is 14.8 Å². The van der Waals surface area contributed by atoms with E-state index >= 15 is 0 Å². The molecule has 3 rings (SSSR count). The minimum atomic E-state index is -0.542. The van der Waals surface area contributed by atoms with Crippen molar-refractivity contribution in [3.63, 3.8) is 0 Å². The van der Waals surface area contributed by atoms with Gasteiger partial charge in [0.2, 0.25) is 0 Å². The van der Waals surface area contributed by atoms with Gasteiger partial charge in [0.25, 0.3) is 0 Å². The van der Waals surface area contributed by atoms with Crippen LogP contribution in [0.25, 0.3) is 10.9 Å². The van der Waals surface area contributed by atoms with Gasteiger partial charge in [-0.1, -0.05) is 24.6 Å². The SMILES string of the molecule is CCC(C#N)Oc1cc(CNc2cc(C#N)c3cc(Cl)ccc3n2)ccc1OC. The highest BCUT2D eigenvalue weighted by atomic mass is 35.5. The van der Waals surface area contributed by atoms with Crippen LogP contribution in [0.3, 0.4) is 0 Å². The molecule has 0 radical (unpaired) electrons. The van der Waals surface area contributed by atoms with Crippen molar-refractivity contribution in [1.82, 2.24) is 4.98 Å². The zero-order valence-corrected chi connectivity index (χ0v) is 16.8. The summed E-state index contributed by atoms with van der Waals surface area (Å²) >= 11 is 6.03. The maximum absolute atomic E-state index is 9.46. The first-order valence-corrected chi connectivity index (χ1v) is 9.43. The molecule has 0 spiro atoms. The van der Waals surface area contributed by atoms with Gasteiger partial charge in [0.05, 0.1) is 24.3 Å². The molecule has 2 aromatic carbocycles. The summed E-state index contributed by atoms with van der Waals surface area (Å²) in [5.41, 5.74) is 2.11. The van der Waals surface area contributed by atoms with Crippen molar-refractivity contribution in [3.05, 3.63) is 58.6 Å². The average molecular weight is 407 g/mol.